The van der Waals surface area contributed by atoms with Crippen molar-refractivity contribution in [3.8, 4) is 5.88 Å². The van der Waals surface area contributed by atoms with Crippen molar-refractivity contribution < 1.29 is 13.2 Å². The number of rotatable bonds is 5. The normalized spacial score (nSPS) is 18.5. The van der Waals surface area contributed by atoms with E-state index in [0.717, 1.165) is 24.2 Å². The monoisotopic (exact) mass is 376 g/mol. The highest BCUT2D eigenvalue weighted by molar-refractivity contribution is 7.89. The molecule has 0 aliphatic carbocycles. The molecular formula is C18H24N4O3S. The topological polar surface area (TPSA) is 75.6 Å². The second kappa shape index (κ2) is 7.59. The highest BCUT2D eigenvalue weighted by atomic mass is 32.2. The predicted molar refractivity (Wildman–Crippen MR) is 99.9 cm³/mol. The van der Waals surface area contributed by atoms with Gasteiger partial charge in [0.15, 0.2) is 5.82 Å². The van der Waals surface area contributed by atoms with Gasteiger partial charge in [0.1, 0.15) is 6.10 Å². The molecule has 0 spiro atoms. The van der Waals surface area contributed by atoms with Crippen molar-refractivity contribution in [3.05, 3.63) is 42.0 Å². The third kappa shape index (κ3) is 4.13. The van der Waals surface area contributed by atoms with Crippen LogP contribution in [-0.2, 0) is 10.0 Å². The van der Waals surface area contributed by atoms with Crippen LogP contribution >= 0.6 is 0 Å². The summed E-state index contributed by atoms with van der Waals surface area (Å²) in [5.74, 6) is 1.15. The highest BCUT2D eigenvalue weighted by Crippen LogP contribution is 2.23. The fourth-order valence-corrected chi connectivity index (χ4v) is 4.37. The molecule has 7 nitrogen and oxygen atoms in total. The summed E-state index contributed by atoms with van der Waals surface area (Å²) in [7, 11) is 0.265. The summed E-state index contributed by atoms with van der Waals surface area (Å²) in [6.45, 7) is 2.75. The lowest BCUT2D eigenvalue weighted by Crippen LogP contribution is -2.44. The Balaban J connectivity index is 1.69. The molecule has 0 radical (unpaired) electrons. The first kappa shape index (κ1) is 18.6. The van der Waals surface area contributed by atoms with E-state index in [4.69, 9.17) is 4.74 Å². The zero-order valence-corrected chi connectivity index (χ0v) is 16.1. The van der Waals surface area contributed by atoms with Gasteiger partial charge in [-0.1, -0.05) is 17.7 Å². The maximum atomic E-state index is 12.9. The first-order valence-corrected chi connectivity index (χ1v) is 10.0. The zero-order chi connectivity index (χ0) is 18.7. The van der Waals surface area contributed by atoms with Crippen molar-refractivity contribution in [2.75, 3.05) is 32.1 Å². The molecule has 0 N–H and O–H groups in total. The smallest absolute Gasteiger partial charge is 0.243 e. The molecular weight excluding hydrogens is 352 g/mol. The van der Waals surface area contributed by atoms with Gasteiger partial charge in [-0.25, -0.2) is 8.42 Å². The van der Waals surface area contributed by atoms with Crippen LogP contribution in [-0.4, -0.2) is 56.2 Å². The summed E-state index contributed by atoms with van der Waals surface area (Å²) in [5, 5.41) is 8.15. The number of piperidine rings is 1. The Bertz CT molecular complexity index is 836. The van der Waals surface area contributed by atoms with Crippen LogP contribution in [0.5, 0.6) is 5.88 Å². The quantitative estimate of drug-likeness (QED) is 0.795. The fourth-order valence-electron chi connectivity index (χ4n) is 2.86. The van der Waals surface area contributed by atoms with Crippen molar-refractivity contribution in [2.45, 2.75) is 30.8 Å². The first-order chi connectivity index (χ1) is 12.4. The summed E-state index contributed by atoms with van der Waals surface area (Å²) in [6, 6.07) is 10.5. The number of sulfonamides is 1. The van der Waals surface area contributed by atoms with Gasteiger partial charge in [0.2, 0.25) is 15.9 Å². The van der Waals surface area contributed by atoms with Gasteiger partial charge in [0.25, 0.3) is 0 Å². The molecule has 2 heterocycles. The van der Waals surface area contributed by atoms with Crippen LogP contribution in [0.3, 0.4) is 0 Å². The Labute approximate surface area is 154 Å². The predicted octanol–water partition coefficient (Wildman–Crippen LogP) is 2.08. The van der Waals surface area contributed by atoms with Gasteiger partial charge in [-0.3, -0.25) is 0 Å². The second-order valence-corrected chi connectivity index (χ2v) is 8.62. The molecule has 0 amide bonds. The summed E-state index contributed by atoms with van der Waals surface area (Å²) >= 11 is 0. The molecule has 3 rings (SSSR count). The Morgan fingerprint density at radius 1 is 1.12 bits per heavy atom. The number of anilines is 1. The maximum Gasteiger partial charge on any atom is 0.243 e. The van der Waals surface area contributed by atoms with E-state index in [1.54, 1.807) is 18.2 Å². The average Bonchev–Trinajstić information content (AvgIpc) is 2.63. The lowest BCUT2D eigenvalue weighted by molar-refractivity contribution is 0.123. The van der Waals surface area contributed by atoms with Crippen molar-refractivity contribution in [1.82, 2.24) is 14.5 Å². The number of hydrogen-bond acceptors (Lipinski definition) is 6. The summed E-state index contributed by atoms with van der Waals surface area (Å²) in [4.78, 5) is 2.17. The number of ether oxygens (including phenoxy) is 1. The van der Waals surface area contributed by atoms with Gasteiger partial charge >= 0.3 is 0 Å². The summed E-state index contributed by atoms with van der Waals surface area (Å²) in [6.07, 6.45) is 1.30. The zero-order valence-electron chi connectivity index (χ0n) is 15.3. The number of benzene rings is 1. The minimum atomic E-state index is -3.51. The largest absolute Gasteiger partial charge is 0.472 e. The van der Waals surface area contributed by atoms with Crippen LogP contribution in [0, 0.1) is 6.92 Å². The van der Waals surface area contributed by atoms with Crippen LogP contribution in [0.2, 0.25) is 0 Å². The van der Waals surface area contributed by atoms with E-state index in [9.17, 15) is 8.42 Å². The van der Waals surface area contributed by atoms with Crippen LogP contribution in [0.1, 0.15) is 18.4 Å². The molecule has 1 saturated heterocycles. The van der Waals surface area contributed by atoms with E-state index < -0.39 is 10.0 Å². The summed E-state index contributed by atoms with van der Waals surface area (Å²) < 4.78 is 33.1. The Morgan fingerprint density at radius 3 is 2.46 bits per heavy atom. The van der Waals surface area contributed by atoms with Gasteiger partial charge in [0.05, 0.1) is 11.4 Å². The SMILES string of the molecule is Cc1ccc(S(=O)(=O)N2CCCC(Oc3ccc(N(C)C)nn3)C2)cc1. The minimum absolute atomic E-state index is 0.233. The van der Waals surface area contributed by atoms with Gasteiger partial charge in [-0.15, -0.1) is 10.2 Å². The molecule has 1 unspecified atom stereocenters. The van der Waals surface area contributed by atoms with E-state index in [-0.39, 0.29) is 6.10 Å². The van der Waals surface area contributed by atoms with Crippen molar-refractivity contribution >= 4 is 15.8 Å². The summed E-state index contributed by atoms with van der Waals surface area (Å²) in [5.41, 5.74) is 1.03. The van der Waals surface area contributed by atoms with Crippen molar-refractivity contribution in [1.29, 1.82) is 0 Å². The van der Waals surface area contributed by atoms with E-state index in [2.05, 4.69) is 10.2 Å². The molecule has 0 bridgehead atoms. The molecule has 1 aromatic carbocycles. The first-order valence-electron chi connectivity index (χ1n) is 8.61. The van der Waals surface area contributed by atoms with E-state index in [0.29, 0.717) is 23.9 Å². The molecule has 1 aromatic heterocycles. The van der Waals surface area contributed by atoms with Crippen LogP contribution in [0.25, 0.3) is 0 Å². The Morgan fingerprint density at radius 2 is 1.85 bits per heavy atom. The van der Waals surface area contributed by atoms with Gasteiger partial charge < -0.3 is 9.64 Å². The standard InChI is InChI=1S/C18H24N4O3S/c1-14-6-8-16(9-7-14)26(23,24)22-12-4-5-15(13-22)25-18-11-10-17(19-20-18)21(2)3/h6-11,15H,4-5,12-13H2,1-3H3. The number of aromatic nitrogens is 2. The van der Waals surface area contributed by atoms with Crippen LogP contribution < -0.4 is 9.64 Å². The lowest BCUT2D eigenvalue weighted by Gasteiger charge is -2.31. The third-order valence-corrected chi connectivity index (χ3v) is 6.25. The molecule has 140 valence electrons. The van der Waals surface area contributed by atoms with E-state index >= 15 is 0 Å². The van der Waals surface area contributed by atoms with Gasteiger partial charge in [-0.2, -0.15) is 4.31 Å². The molecule has 1 fully saturated rings. The van der Waals surface area contributed by atoms with E-state index in [1.165, 1.54) is 4.31 Å². The average molecular weight is 376 g/mol. The molecule has 1 aliphatic heterocycles. The molecule has 2 aromatic rings. The molecule has 0 saturated carbocycles. The number of hydrogen-bond donors (Lipinski definition) is 0. The van der Waals surface area contributed by atoms with Gasteiger partial charge in [0, 0.05) is 26.7 Å². The van der Waals surface area contributed by atoms with E-state index in [1.807, 2.05) is 44.1 Å². The number of aryl methyl sites for hydroxylation is 1. The Hall–Kier alpha value is -2.19. The van der Waals surface area contributed by atoms with Gasteiger partial charge in [-0.05, 0) is 38.0 Å². The fraction of sp³-hybridized carbons (Fsp3) is 0.444. The lowest BCUT2D eigenvalue weighted by atomic mass is 10.1. The maximum absolute atomic E-state index is 12.9. The van der Waals surface area contributed by atoms with Crippen LogP contribution in [0.15, 0.2) is 41.3 Å². The van der Waals surface area contributed by atoms with Crippen molar-refractivity contribution in [3.63, 3.8) is 0 Å². The molecule has 1 aliphatic rings. The second-order valence-electron chi connectivity index (χ2n) is 6.68. The van der Waals surface area contributed by atoms with Crippen LogP contribution in [0.4, 0.5) is 5.82 Å². The molecule has 1 atom stereocenters. The Kier molecular flexibility index (Phi) is 5.43. The highest BCUT2D eigenvalue weighted by Gasteiger charge is 2.31. The molecule has 8 heteroatoms. The third-order valence-electron chi connectivity index (χ3n) is 4.37. The molecule has 26 heavy (non-hydrogen) atoms. The number of nitrogens with zero attached hydrogens (tertiary/aromatic N) is 4. The van der Waals surface area contributed by atoms with Crippen molar-refractivity contribution in [2.24, 2.45) is 0 Å². The minimum Gasteiger partial charge on any atom is -0.472 e.